The summed E-state index contributed by atoms with van der Waals surface area (Å²) in [6, 6.07) is 4.41. The van der Waals surface area contributed by atoms with Crippen LogP contribution in [0.3, 0.4) is 0 Å². The van der Waals surface area contributed by atoms with Gasteiger partial charge in [-0.15, -0.1) is 0 Å². The van der Waals surface area contributed by atoms with Gasteiger partial charge in [-0.3, -0.25) is 4.79 Å². The first kappa shape index (κ1) is 13.8. The van der Waals surface area contributed by atoms with Gasteiger partial charge in [-0.2, -0.15) is 0 Å². The summed E-state index contributed by atoms with van der Waals surface area (Å²) in [6.45, 7) is 13.0. The van der Waals surface area contributed by atoms with Crippen molar-refractivity contribution in [2.45, 2.75) is 47.0 Å². The maximum atomic E-state index is 11.0. The summed E-state index contributed by atoms with van der Waals surface area (Å²) >= 11 is 0. The average Bonchev–Trinajstić information content (AvgIpc) is 2.12. The second kappa shape index (κ2) is 4.91. The van der Waals surface area contributed by atoms with Crippen LogP contribution in [0.4, 0.5) is 0 Å². The first-order valence-electron chi connectivity index (χ1n) is 6.07. The lowest BCUT2D eigenvalue weighted by atomic mass is 9.79. The molecule has 0 saturated carbocycles. The van der Waals surface area contributed by atoms with Crippen LogP contribution in [0, 0.1) is 20.8 Å². The predicted molar refractivity (Wildman–Crippen MR) is 72.4 cm³/mol. The van der Waals surface area contributed by atoms with E-state index in [1.54, 1.807) is 6.92 Å². The molecule has 1 aromatic rings. The monoisotopic (exact) mass is 233 g/mol. The van der Waals surface area contributed by atoms with Crippen molar-refractivity contribution in [3.8, 4) is 0 Å². The number of carbonyl (C=O) groups excluding carboxylic acids is 1. The zero-order valence-corrected chi connectivity index (χ0v) is 11.8. The minimum Gasteiger partial charge on any atom is -0.355 e. The van der Waals surface area contributed by atoms with E-state index in [2.05, 4.69) is 52.1 Å². The van der Waals surface area contributed by atoms with Gasteiger partial charge in [0, 0.05) is 18.9 Å². The van der Waals surface area contributed by atoms with Gasteiger partial charge < -0.3 is 5.32 Å². The third-order valence-corrected chi connectivity index (χ3v) is 3.13. The maximum Gasteiger partial charge on any atom is 0.216 e. The molecule has 0 aliphatic heterocycles. The van der Waals surface area contributed by atoms with Crippen LogP contribution in [0.25, 0.3) is 0 Å². The summed E-state index contributed by atoms with van der Waals surface area (Å²) in [5.74, 6) is 0.0282. The number of benzene rings is 1. The highest BCUT2D eigenvalue weighted by molar-refractivity contribution is 5.73. The molecule has 0 aliphatic carbocycles. The molecule has 1 amide bonds. The van der Waals surface area contributed by atoms with E-state index in [9.17, 15) is 4.79 Å². The fourth-order valence-electron chi connectivity index (χ4n) is 2.68. The molecule has 0 saturated heterocycles. The molecule has 0 spiro atoms. The van der Waals surface area contributed by atoms with E-state index in [4.69, 9.17) is 0 Å². The van der Waals surface area contributed by atoms with Gasteiger partial charge in [-0.25, -0.2) is 0 Å². The van der Waals surface area contributed by atoms with Crippen LogP contribution >= 0.6 is 0 Å². The molecule has 0 aromatic heterocycles. The van der Waals surface area contributed by atoms with E-state index in [-0.39, 0.29) is 11.3 Å². The second-order valence-electron chi connectivity index (χ2n) is 5.57. The summed E-state index contributed by atoms with van der Waals surface area (Å²) in [5, 5.41) is 2.91. The van der Waals surface area contributed by atoms with Crippen LogP contribution in [0.2, 0.25) is 0 Å². The normalized spacial score (nSPS) is 11.4. The van der Waals surface area contributed by atoms with Gasteiger partial charge in [-0.05, 0) is 37.5 Å². The SMILES string of the molecule is CC(=O)NCC(C)(C)c1c(C)cc(C)cc1C. The topological polar surface area (TPSA) is 29.1 Å². The lowest BCUT2D eigenvalue weighted by Gasteiger charge is -2.29. The lowest BCUT2D eigenvalue weighted by molar-refractivity contribution is -0.119. The van der Waals surface area contributed by atoms with Gasteiger partial charge >= 0.3 is 0 Å². The molecule has 1 N–H and O–H groups in total. The quantitative estimate of drug-likeness (QED) is 0.854. The fourth-order valence-corrected chi connectivity index (χ4v) is 2.68. The van der Waals surface area contributed by atoms with E-state index in [1.165, 1.54) is 22.3 Å². The van der Waals surface area contributed by atoms with Crippen LogP contribution in [0.5, 0.6) is 0 Å². The highest BCUT2D eigenvalue weighted by Crippen LogP contribution is 2.29. The molecule has 0 fully saturated rings. The van der Waals surface area contributed by atoms with Gasteiger partial charge in [0.25, 0.3) is 0 Å². The molecule has 0 heterocycles. The smallest absolute Gasteiger partial charge is 0.216 e. The van der Waals surface area contributed by atoms with Crippen molar-refractivity contribution in [2.24, 2.45) is 0 Å². The van der Waals surface area contributed by atoms with Crippen molar-refractivity contribution in [3.63, 3.8) is 0 Å². The Kier molecular flexibility index (Phi) is 3.97. The molecule has 0 unspecified atom stereocenters. The molecule has 0 aliphatic rings. The van der Waals surface area contributed by atoms with Crippen LogP contribution in [0.1, 0.15) is 43.0 Å². The Morgan fingerprint density at radius 2 is 1.65 bits per heavy atom. The van der Waals surface area contributed by atoms with Crippen molar-refractivity contribution >= 4 is 5.91 Å². The van der Waals surface area contributed by atoms with Crippen molar-refractivity contribution in [1.82, 2.24) is 5.32 Å². The first-order chi connectivity index (χ1) is 7.74. The Balaban J connectivity index is 3.09. The lowest BCUT2D eigenvalue weighted by Crippen LogP contribution is -2.36. The zero-order chi connectivity index (χ0) is 13.2. The van der Waals surface area contributed by atoms with Crippen molar-refractivity contribution in [1.29, 1.82) is 0 Å². The van der Waals surface area contributed by atoms with Crippen molar-refractivity contribution in [3.05, 3.63) is 34.4 Å². The van der Waals surface area contributed by atoms with Crippen LogP contribution < -0.4 is 5.32 Å². The number of aryl methyl sites for hydroxylation is 3. The molecule has 0 bridgehead atoms. The van der Waals surface area contributed by atoms with Crippen molar-refractivity contribution < 1.29 is 4.79 Å². The summed E-state index contributed by atoms with van der Waals surface area (Å²) in [4.78, 5) is 11.0. The third-order valence-electron chi connectivity index (χ3n) is 3.13. The Hall–Kier alpha value is -1.31. The summed E-state index contributed by atoms with van der Waals surface area (Å²) in [5.41, 5.74) is 5.21. The molecule has 1 rings (SSSR count). The van der Waals surface area contributed by atoms with Crippen LogP contribution in [0.15, 0.2) is 12.1 Å². The van der Waals surface area contributed by atoms with Gasteiger partial charge in [0.1, 0.15) is 0 Å². The van der Waals surface area contributed by atoms with E-state index in [0.29, 0.717) is 6.54 Å². The van der Waals surface area contributed by atoms with E-state index < -0.39 is 0 Å². The number of hydrogen-bond acceptors (Lipinski definition) is 1. The van der Waals surface area contributed by atoms with Gasteiger partial charge in [-0.1, -0.05) is 31.5 Å². The first-order valence-corrected chi connectivity index (χ1v) is 6.07. The minimum absolute atomic E-state index is 0.0282. The average molecular weight is 233 g/mol. The summed E-state index contributed by atoms with van der Waals surface area (Å²) in [7, 11) is 0. The molecule has 0 radical (unpaired) electrons. The number of nitrogens with one attached hydrogen (secondary N) is 1. The third kappa shape index (κ3) is 3.32. The minimum atomic E-state index is -0.0342. The van der Waals surface area contributed by atoms with Crippen LogP contribution in [-0.2, 0) is 10.2 Å². The second-order valence-corrected chi connectivity index (χ2v) is 5.57. The Labute approximate surface area is 104 Å². The molecule has 0 atom stereocenters. The zero-order valence-electron chi connectivity index (χ0n) is 11.8. The van der Waals surface area contributed by atoms with E-state index in [1.807, 2.05) is 0 Å². The number of carbonyl (C=O) groups is 1. The molecule has 17 heavy (non-hydrogen) atoms. The summed E-state index contributed by atoms with van der Waals surface area (Å²) in [6.07, 6.45) is 0. The van der Waals surface area contributed by atoms with Gasteiger partial charge in [0.15, 0.2) is 0 Å². The largest absolute Gasteiger partial charge is 0.355 e. The van der Waals surface area contributed by atoms with Crippen molar-refractivity contribution in [2.75, 3.05) is 6.54 Å². The molecular formula is C15H23NO. The fraction of sp³-hybridized carbons (Fsp3) is 0.533. The molecule has 2 nitrogen and oxygen atoms in total. The van der Waals surface area contributed by atoms with E-state index in [0.717, 1.165) is 0 Å². The molecule has 1 aromatic carbocycles. The Morgan fingerprint density at radius 1 is 1.18 bits per heavy atom. The molecule has 94 valence electrons. The Bertz CT molecular complexity index is 410. The van der Waals surface area contributed by atoms with E-state index >= 15 is 0 Å². The van der Waals surface area contributed by atoms with Crippen LogP contribution in [-0.4, -0.2) is 12.5 Å². The number of amides is 1. The Morgan fingerprint density at radius 3 is 2.06 bits per heavy atom. The summed E-state index contributed by atoms with van der Waals surface area (Å²) < 4.78 is 0. The standard InChI is InChI=1S/C15H23NO/c1-10-7-11(2)14(12(3)8-10)15(5,6)9-16-13(4)17/h7-8H,9H2,1-6H3,(H,16,17). The predicted octanol–water partition coefficient (Wildman–Crippen LogP) is 3.03. The van der Waals surface area contributed by atoms with Gasteiger partial charge in [0.2, 0.25) is 5.91 Å². The molecular weight excluding hydrogens is 210 g/mol. The molecule has 2 heteroatoms. The number of hydrogen-bond donors (Lipinski definition) is 1. The maximum absolute atomic E-state index is 11.0. The highest BCUT2D eigenvalue weighted by atomic mass is 16.1. The highest BCUT2D eigenvalue weighted by Gasteiger charge is 2.24. The number of rotatable bonds is 3. The van der Waals surface area contributed by atoms with Gasteiger partial charge in [0.05, 0.1) is 0 Å².